The molecular formula is C13H16O2. The fraction of sp³-hybridized carbons (Fsp3) is 0.462. The lowest BCUT2D eigenvalue weighted by Crippen LogP contribution is -2.02. The van der Waals surface area contributed by atoms with Crippen molar-refractivity contribution in [2.75, 3.05) is 0 Å². The van der Waals surface area contributed by atoms with E-state index in [0.29, 0.717) is 18.1 Å². The molecule has 0 radical (unpaired) electrons. The van der Waals surface area contributed by atoms with Crippen molar-refractivity contribution >= 4 is 5.78 Å². The average Bonchev–Trinajstić information content (AvgIpc) is 3.10. The third kappa shape index (κ3) is 2.90. The number of benzene rings is 1. The van der Waals surface area contributed by atoms with E-state index in [2.05, 4.69) is 0 Å². The maximum Gasteiger partial charge on any atom is 0.136 e. The average molecular weight is 204 g/mol. The van der Waals surface area contributed by atoms with E-state index < -0.39 is 0 Å². The lowest BCUT2D eigenvalue weighted by molar-refractivity contribution is -0.120. The van der Waals surface area contributed by atoms with Gasteiger partial charge in [0.2, 0.25) is 0 Å². The molecule has 1 aliphatic carbocycles. The summed E-state index contributed by atoms with van der Waals surface area (Å²) in [4.78, 5) is 11.5. The number of hydrogen-bond donors (Lipinski definition) is 1. The molecule has 1 aromatic carbocycles. The Kier molecular flexibility index (Phi) is 3.17. The summed E-state index contributed by atoms with van der Waals surface area (Å²) in [5, 5.41) is 8.87. The molecule has 0 unspecified atom stereocenters. The molecule has 2 heteroatoms. The van der Waals surface area contributed by atoms with Gasteiger partial charge in [-0.25, -0.2) is 0 Å². The fourth-order valence-electron chi connectivity index (χ4n) is 1.69. The van der Waals surface area contributed by atoms with E-state index in [1.165, 1.54) is 5.56 Å². The molecular weight excluding hydrogens is 188 g/mol. The minimum atomic E-state index is 0.0846. The Balaban J connectivity index is 1.84. The van der Waals surface area contributed by atoms with Crippen molar-refractivity contribution in [2.45, 2.75) is 32.3 Å². The maximum atomic E-state index is 11.5. The molecule has 1 saturated carbocycles. The molecule has 0 amide bonds. The first-order valence-corrected chi connectivity index (χ1v) is 5.51. The van der Waals surface area contributed by atoms with E-state index in [9.17, 15) is 4.79 Å². The van der Waals surface area contributed by atoms with Crippen molar-refractivity contribution in [3.05, 3.63) is 35.4 Å². The van der Waals surface area contributed by atoms with Crippen LogP contribution in [-0.2, 0) is 17.8 Å². The van der Waals surface area contributed by atoms with Crippen LogP contribution in [-0.4, -0.2) is 10.9 Å². The van der Waals surface area contributed by atoms with Crippen molar-refractivity contribution in [1.82, 2.24) is 0 Å². The number of carbonyl (C=O) groups is 1. The summed E-state index contributed by atoms with van der Waals surface area (Å²) in [5.41, 5.74) is 2.11. The number of hydrogen-bond acceptors (Lipinski definition) is 2. The van der Waals surface area contributed by atoms with E-state index in [1.807, 2.05) is 24.3 Å². The summed E-state index contributed by atoms with van der Waals surface area (Å²) in [6.45, 7) is 0.0846. The Morgan fingerprint density at radius 1 is 1.20 bits per heavy atom. The predicted molar refractivity (Wildman–Crippen MR) is 58.4 cm³/mol. The Labute approximate surface area is 89.9 Å². The van der Waals surface area contributed by atoms with Crippen LogP contribution in [0.2, 0.25) is 0 Å². The van der Waals surface area contributed by atoms with Crippen LogP contribution in [0, 0.1) is 5.92 Å². The zero-order valence-electron chi connectivity index (χ0n) is 8.78. The maximum absolute atomic E-state index is 11.5. The van der Waals surface area contributed by atoms with Crippen LogP contribution >= 0.6 is 0 Å². The van der Waals surface area contributed by atoms with Gasteiger partial charge in [-0.3, -0.25) is 4.79 Å². The molecule has 1 N–H and O–H groups in total. The van der Waals surface area contributed by atoms with Crippen molar-refractivity contribution in [1.29, 1.82) is 0 Å². The SMILES string of the molecule is O=C(CCc1ccc(CO)cc1)C1CC1. The quantitative estimate of drug-likeness (QED) is 0.797. The Hall–Kier alpha value is -1.15. The highest BCUT2D eigenvalue weighted by Gasteiger charge is 2.28. The summed E-state index contributed by atoms with van der Waals surface area (Å²) in [6.07, 6.45) is 3.70. The highest BCUT2D eigenvalue weighted by Crippen LogP contribution is 2.31. The number of rotatable bonds is 5. The summed E-state index contributed by atoms with van der Waals surface area (Å²) in [7, 11) is 0. The van der Waals surface area contributed by atoms with Crippen molar-refractivity contribution in [3.63, 3.8) is 0 Å². The molecule has 80 valence electrons. The first-order valence-electron chi connectivity index (χ1n) is 5.51. The van der Waals surface area contributed by atoms with Gasteiger partial charge >= 0.3 is 0 Å². The topological polar surface area (TPSA) is 37.3 Å². The van der Waals surface area contributed by atoms with Crippen LogP contribution < -0.4 is 0 Å². The number of aliphatic hydroxyl groups is 1. The number of aliphatic hydroxyl groups excluding tert-OH is 1. The van der Waals surface area contributed by atoms with Gasteiger partial charge in [-0.2, -0.15) is 0 Å². The molecule has 0 aliphatic heterocycles. The van der Waals surface area contributed by atoms with Crippen LogP contribution in [0.15, 0.2) is 24.3 Å². The van der Waals surface area contributed by atoms with Gasteiger partial charge in [0.25, 0.3) is 0 Å². The van der Waals surface area contributed by atoms with E-state index >= 15 is 0 Å². The lowest BCUT2D eigenvalue weighted by Gasteiger charge is -2.01. The van der Waals surface area contributed by atoms with E-state index in [-0.39, 0.29) is 6.61 Å². The number of aryl methyl sites for hydroxylation is 1. The third-order valence-corrected chi connectivity index (χ3v) is 2.90. The molecule has 0 heterocycles. The second-order valence-electron chi connectivity index (χ2n) is 4.22. The van der Waals surface area contributed by atoms with Gasteiger partial charge in [0, 0.05) is 12.3 Å². The van der Waals surface area contributed by atoms with Crippen molar-refractivity contribution in [2.24, 2.45) is 5.92 Å². The number of ketones is 1. The van der Waals surface area contributed by atoms with Crippen molar-refractivity contribution in [3.8, 4) is 0 Å². The van der Waals surface area contributed by atoms with E-state index in [4.69, 9.17) is 5.11 Å². The Morgan fingerprint density at radius 3 is 2.33 bits per heavy atom. The third-order valence-electron chi connectivity index (χ3n) is 2.90. The first kappa shape index (κ1) is 10.4. The van der Waals surface area contributed by atoms with Crippen molar-refractivity contribution < 1.29 is 9.90 Å². The highest BCUT2D eigenvalue weighted by atomic mass is 16.3. The molecule has 1 aromatic rings. The Morgan fingerprint density at radius 2 is 1.80 bits per heavy atom. The Bertz CT molecular complexity index is 336. The van der Waals surface area contributed by atoms with Gasteiger partial charge in [-0.15, -0.1) is 0 Å². The predicted octanol–water partition coefficient (Wildman–Crippen LogP) is 2.09. The zero-order chi connectivity index (χ0) is 10.7. The molecule has 0 saturated heterocycles. The molecule has 0 aromatic heterocycles. The minimum Gasteiger partial charge on any atom is -0.392 e. The lowest BCUT2D eigenvalue weighted by atomic mass is 10.0. The largest absolute Gasteiger partial charge is 0.392 e. The van der Waals surface area contributed by atoms with Gasteiger partial charge in [0.05, 0.1) is 6.61 Å². The summed E-state index contributed by atoms with van der Waals surface area (Å²) >= 11 is 0. The minimum absolute atomic E-state index is 0.0846. The molecule has 15 heavy (non-hydrogen) atoms. The molecule has 1 fully saturated rings. The monoisotopic (exact) mass is 204 g/mol. The van der Waals surface area contributed by atoms with Crippen LogP contribution in [0.25, 0.3) is 0 Å². The van der Waals surface area contributed by atoms with Crippen LogP contribution in [0.1, 0.15) is 30.4 Å². The molecule has 2 nitrogen and oxygen atoms in total. The fourth-order valence-corrected chi connectivity index (χ4v) is 1.69. The number of carbonyl (C=O) groups excluding carboxylic acids is 1. The second kappa shape index (κ2) is 4.58. The van der Waals surface area contributed by atoms with Gasteiger partial charge in [0.15, 0.2) is 0 Å². The molecule has 1 aliphatic rings. The molecule has 0 atom stereocenters. The van der Waals surface area contributed by atoms with E-state index in [1.54, 1.807) is 0 Å². The normalized spacial score (nSPS) is 15.3. The van der Waals surface area contributed by atoms with E-state index in [0.717, 1.165) is 24.8 Å². The van der Waals surface area contributed by atoms with Gasteiger partial charge in [0.1, 0.15) is 5.78 Å². The summed E-state index contributed by atoms with van der Waals surface area (Å²) in [6, 6.07) is 7.81. The molecule has 2 rings (SSSR count). The number of Topliss-reactive ketones (excluding diaryl/α,β-unsaturated/α-hetero) is 1. The van der Waals surface area contributed by atoms with Crippen LogP contribution in [0.3, 0.4) is 0 Å². The molecule has 0 bridgehead atoms. The second-order valence-corrected chi connectivity index (χ2v) is 4.22. The zero-order valence-corrected chi connectivity index (χ0v) is 8.78. The highest BCUT2D eigenvalue weighted by molar-refractivity contribution is 5.83. The summed E-state index contributed by atoms with van der Waals surface area (Å²) < 4.78 is 0. The van der Waals surface area contributed by atoms with Crippen LogP contribution in [0.5, 0.6) is 0 Å². The van der Waals surface area contributed by atoms with Gasteiger partial charge in [-0.1, -0.05) is 24.3 Å². The first-order chi connectivity index (χ1) is 7.29. The molecule has 0 spiro atoms. The van der Waals surface area contributed by atoms with Crippen LogP contribution in [0.4, 0.5) is 0 Å². The van der Waals surface area contributed by atoms with Gasteiger partial charge in [-0.05, 0) is 30.4 Å². The van der Waals surface area contributed by atoms with Gasteiger partial charge < -0.3 is 5.11 Å². The smallest absolute Gasteiger partial charge is 0.136 e. The standard InChI is InChI=1S/C13H16O2/c14-9-11-3-1-10(2-4-11)5-8-13(15)12-6-7-12/h1-4,12,14H,5-9H2. The summed E-state index contributed by atoms with van der Waals surface area (Å²) in [5.74, 6) is 0.794.